The summed E-state index contributed by atoms with van der Waals surface area (Å²) in [7, 11) is 2.18. The molecule has 14 heavy (non-hydrogen) atoms. The van der Waals surface area contributed by atoms with Crippen molar-refractivity contribution in [3.63, 3.8) is 0 Å². The van der Waals surface area contributed by atoms with E-state index < -0.39 is 0 Å². The van der Waals surface area contributed by atoms with E-state index in [-0.39, 0.29) is 0 Å². The number of hydrogen-bond donors (Lipinski definition) is 0. The second kappa shape index (κ2) is 3.05. The Labute approximate surface area is 95.5 Å². The molecule has 1 nitrogen and oxygen atoms in total. The topological polar surface area (TPSA) is 3.24 Å². The van der Waals surface area contributed by atoms with Crippen LogP contribution in [0, 0.1) is 0 Å². The van der Waals surface area contributed by atoms with Crippen molar-refractivity contribution in [3.8, 4) is 0 Å². The molecule has 0 aliphatic carbocycles. The SMILES string of the molecule is CN1Cc2sc3ccc(Br)cc3c2C1. The number of thiophene rings is 1. The first-order valence-corrected chi connectivity index (χ1v) is 6.23. The molecule has 0 spiro atoms. The van der Waals surface area contributed by atoms with Crippen molar-refractivity contribution < 1.29 is 0 Å². The van der Waals surface area contributed by atoms with Gasteiger partial charge in [0.2, 0.25) is 0 Å². The average molecular weight is 268 g/mol. The quantitative estimate of drug-likeness (QED) is 0.705. The summed E-state index contributed by atoms with van der Waals surface area (Å²) in [5.41, 5.74) is 1.54. The highest BCUT2D eigenvalue weighted by Crippen LogP contribution is 2.37. The Balaban J connectivity index is 2.30. The van der Waals surface area contributed by atoms with Gasteiger partial charge in [-0.25, -0.2) is 0 Å². The van der Waals surface area contributed by atoms with Crippen molar-refractivity contribution in [3.05, 3.63) is 33.1 Å². The van der Waals surface area contributed by atoms with Crippen molar-refractivity contribution in [2.24, 2.45) is 0 Å². The van der Waals surface area contributed by atoms with E-state index in [0.29, 0.717) is 0 Å². The summed E-state index contributed by atoms with van der Waals surface area (Å²) in [6.45, 7) is 2.22. The second-order valence-corrected chi connectivity index (χ2v) is 5.87. The van der Waals surface area contributed by atoms with Crippen LogP contribution in [0.4, 0.5) is 0 Å². The van der Waals surface area contributed by atoms with E-state index in [9.17, 15) is 0 Å². The van der Waals surface area contributed by atoms with Crippen LogP contribution in [0.1, 0.15) is 10.4 Å². The van der Waals surface area contributed by atoms with E-state index in [1.54, 1.807) is 4.88 Å². The highest BCUT2D eigenvalue weighted by atomic mass is 79.9. The Morgan fingerprint density at radius 1 is 1.36 bits per heavy atom. The molecule has 1 aliphatic heterocycles. The van der Waals surface area contributed by atoms with Gasteiger partial charge in [0, 0.05) is 27.1 Å². The van der Waals surface area contributed by atoms with Gasteiger partial charge in [-0.15, -0.1) is 11.3 Å². The maximum absolute atomic E-state index is 3.53. The van der Waals surface area contributed by atoms with E-state index in [0.717, 1.165) is 13.1 Å². The minimum absolute atomic E-state index is 1.10. The summed E-state index contributed by atoms with van der Waals surface area (Å²) in [5, 5.41) is 1.43. The molecule has 0 N–H and O–H groups in total. The Morgan fingerprint density at radius 2 is 2.21 bits per heavy atom. The van der Waals surface area contributed by atoms with Crippen molar-refractivity contribution in [2.75, 3.05) is 7.05 Å². The van der Waals surface area contributed by atoms with E-state index in [2.05, 4.69) is 46.1 Å². The first kappa shape index (κ1) is 8.89. The van der Waals surface area contributed by atoms with E-state index in [1.165, 1.54) is 20.1 Å². The molecular weight excluding hydrogens is 258 g/mol. The lowest BCUT2D eigenvalue weighted by atomic mass is 10.1. The van der Waals surface area contributed by atoms with Crippen molar-refractivity contribution in [1.82, 2.24) is 4.90 Å². The molecule has 0 fully saturated rings. The fourth-order valence-corrected chi connectivity index (χ4v) is 3.68. The Kier molecular flexibility index (Phi) is 1.94. The standard InChI is InChI=1S/C11H10BrNS/c1-13-5-9-8-4-7(12)2-3-10(8)14-11(9)6-13/h2-4H,5-6H2,1H3. The normalized spacial score (nSPS) is 16.4. The lowest BCUT2D eigenvalue weighted by molar-refractivity contribution is 0.355. The molecule has 0 atom stereocenters. The monoisotopic (exact) mass is 267 g/mol. The van der Waals surface area contributed by atoms with Crippen molar-refractivity contribution in [1.29, 1.82) is 0 Å². The Bertz CT molecular complexity index is 503. The predicted molar refractivity (Wildman–Crippen MR) is 64.7 cm³/mol. The molecule has 1 aromatic carbocycles. The third-order valence-electron chi connectivity index (χ3n) is 2.68. The highest BCUT2D eigenvalue weighted by Gasteiger charge is 2.20. The summed E-state index contributed by atoms with van der Waals surface area (Å²) >= 11 is 5.47. The number of fused-ring (bicyclic) bond motifs is 3. The van der Waals surface area contributed by atoms with Crippen LogP contribution in [0.25, 0.3) is 10.1 Å². The van der Waals surface area contributed by atoms with Gasteiger partial charge in [-0.05, 0) is 36.2 Å². The van der Waals surface area contributed by atoms with Crippen LogP contribution in [0.2, 0.25) is 0 Å². The summed E-state index contributed by atoms with van der Waals surface area (Å²) in [6, 6.07) is 6.57. The Hall–Kier alpha value is -0.380. The summed E-state index contributed by atoms with van der Waals surface area (Å²) in [4.78, 5) is 3.90. The van der Waals surface area contributed by atoms with E-state index in [1.807, 2.05) is 11.3 Å². The van der Waals surface area contributed by atoms with Crippen LogP contribution in [0.15, 0.2) is 22.7 Å². The van der Waals surface area contributed by atoms with Gasteiger partial charge in [-0.3, -0.25) is 4.90 Å². The zero-order valence-electron chi connectivity index (χ0n) is 7.88. The molecule has 0 unspecified atom stereocenters. The Morgan fingerprint density at radius 3 is 3.07 bits per heavy atom. The van der Waals surface area contributed by atoms with Crippen LogP contribution >= 0.6 is 27.3 Å². The lowest BCUT2D eigenvalue weighted by Gasteiger charge is -2.05. The molecule has 3 heteroatoms. The van der Waals surface area contributed by atoms with Gasteiger partial charge in [0.05, 0.1) is 0 Å². The minimum Gasteiger partial charge on any atom is -0.297 e. The lowest BCUT2D eigenvalue weighted by Crippen LogP contribution is -2.07. The molecule has 0 bridgehead atoms. The second-order valence-electron chi connectivity index (χ2n) is 3.82. The first-order chi connectivity index (χ1) is 6.74. The number of hydrogen-bond acceptors (Lipinski definition) is 2. The van der Waals surface area contributed by atoms with Gasteiger partial charge in [0.1, 0.15) is 0 Å². The summed E-state index contributed by atoms with van der Waals surface area (Å²) in [6.07, 6.45) is 0. The zero-order chi connectivity index (χ0) is 9.71. The summed E-state index contributed by atoms with van der Waals surface area (Å²) in [5.74, 6) is 0. The van der Waals surface area contributed by atoms with Gasteiger partial charge in [-0.2, -0.15) is 0 Å². The fraction of sp³-hybridized carbons (Fsp3) is 0.273. The smallest absolute Gasteiger partial charge is 0.0350 e. The number of nitrogens with zero attached hydrogens (tertiary/aromatic N) is 1. The molecule has 0 radical (unpaired) electrons. The van der Waals surface area contributed by atoms with Crippen LogP contribution in [0.3, 0.4) is 0 Å². The fourth-order valence-electron chi connectivity index (χ4n) is 2.04. The van der Waals surface area contributed by atoms with Gasteiger partial charge in [-0.1, -0.05) is 15.9 Å². The van der Waals surface area contributed by atoms with E-state index >= 15 is 0 Å². The first-order valence-electron chi connectivity index (χ1n) is 4.62. The van der Waals surface area contributed by atoms with Crippen molar-refractivity contribution in [2.45, 2.75) is 13.1 Å². The molecule has 0 saturated heterocycles. The molecule has 0 saturated carbocycles. The zero-order valence-corrected chi connectivity index (χ0v) is 10.3. The molecule has 3 rings (SSSR count). The third-order valence-corrected chi connectivity index (χ3v) is 4.37. The summed E-state index contributed by atoms with van der Waals surface area (Å²) < 4.78 is 2.60. The minimum atomic E-state index is 1.10. The van der Waals surface area contributed by atoms with Crippen molar-refractivity contribution >= 4 is 37.4 Å². The molecule has 0 amide bonds. The van der Waals surface area contributed by atoms with E-state index in [4.69, 9.17) is 0 Å². The van der Waals surface area contributed by atoms with Crippen LogP contribution in [0.5, 0.6) is 0 Å². The van der Waals surface area contributed by atoms with Gasteiger partial charge in [0.15, 0.2) is 0 Å². The molecule has 1 aromatic heterocycles. The maximum Gasteiger partial charge on any atom is 0.0350 e. The number of benzene rings is 1. The molecular formula is C11H10BrNS. The highest BCUT2D eigenvalue weighted by molar-refractivity contribution is 9.10. The van der Waals surface area contributed by atoms with Gasteiger partial charge in [0.25, 0.3) is 0 Å². The maximum atomic E-state index is 3.53. The molecule has 2 heterocycles. The molecule has 1 aliphatic rings. The van der Waals surface area contributed by atoms with Gasteiger partial charge < -0.3 is 0 Å². The molecule has 2 aromatic rings. The number of halogens is 1. The number of rotatable bonds is 0. The largest absolute Gasteiger partial charge is 0.297 e. The molecule has 72 valence electrons. The van der Waals surface area contributed by atoms with Crippen LogP contribution in [-0.4, -0.2) is 11.9 Å². The third kappa shape index (κ3) is 1.23. The van der Waals surface area contributed by atoms with Crippen LogP contribution in [-0.2, 0) is 13.1 Å². The van der Waals surface area contributed by atoms with Crippen LogP contribution < -0.4 is 0 Å². The predicted octanol–water partition coefficient (Wildman–Crippen LogP) is 3.61. The average Bonchev–Trinajstić information content (AvgIpc) is 2.62. The van der Waals surface area contributed by atoms with Gasteiger partial charge >= 0.3 is 0 Å².